The molecular formula is C6H16O4PS2Zn-3. The molecule has 0 aromatic heterocycles. The van der Waals surface area contributed by atoms with Gasteiger partial charge in [-0.1, -0.05) is 13.3 Å². The number of phosphoric acid groups is 1. The molecule has 8 heteroatoms. The number of unbranched alkanes of at least 4 members (excludes halogenated alkanes) is 1. The fourth-order valence-corrected chi connectivity index (χ4v) is 1.45. The van der Waals surface area contributed by atoms with Crippen LogP contribution in [0.2, 0.25) is 0 Å². The third-order valence-corrected chi connectivity index (χ3v) is 2.97. The Labute approximate surface area is 111 Å². The van der Waals surface area contributed by atoms with Crippen LogP contribution in [0.1, 0.15) is 19.8 Å². The van der Waals surface area contributed by atoms with Gasteiger partial charge in [0.15, 0.2) is 0 Å². The first-order valence-corrected chi connectivity index (χ1v) is 5.23. The molecule has 0 heterocycles. The molecular weight excluding hydrogens is 297 g/mol. The molecule has 0 amide bonds. The van der Waals surface area contributed by atoms with Gasteiger partial charge in [0, 0.05) is 19.5 Å². The summed E-state index contributed by atoms with van der Waals surface area (Å²) in [7, 11) is -3.53. The van der Waals surface area contributed by atoms with Gasteiger partial charge in [0.25, 0.3) is 0 Å². The van der Waals surface area contributed by atoms with Crippen molar-refractivity contribution in [3.8, 4) is 0 Å². The van der Waals surface area contributed by atoms with E-state index in [1.54, 1.807) is 0 Å². The topological polar surface area (TPSA) is 44.8 Å². The first-order chi connectivity index (χ1) is 5.18. The van der Waals surface area contributed by atoms with Crippen LogP contribution in [0.15, 0.2) is 0 Å². The van der Waals surface area contributed by atoms with Crippen molar-refractivity contribution in [1.82, 2.24) is 0 Å². The maximum Gasteiger partial charge on any atom is 0.462 e. The summed E-state index contributed by atoms with van der Waals surface area (Å²) in [5, 5.41) is 0. The number of thiol groups is 1. The smallest absolute Gasteiger partial charge is 0.462 e. The average Bonchev–Trinajstić information content (AvgIpc) is 2.05. The van der Waals surface area contributed by atoms with E-state index in [9.17, 15) is 4.57 Å². The normalized spacial score (nSPS) is 12.8. The van der Waals surface area contributed by atoms with Crippen molar-refractivity contribution >= 4 is 33.6 Å². The van der Waals surface area contributed by atoms with Crippen LogP contribution in [0.4, 0.5) is 0 Å². The molecule has 0 fully saturated rings. The van der Waals surface area contributed by atoms with Gasteiger partial charge in [-0.05, 0) is 19.3 Å². The van der Waals surface area contributed by atoms with Crippen LogP contribution >= 0.6 is 20.7 Å². The molecule has 0 aliphatic rings. The largest absolute Gasteiger partial charge is 0.612 e. The second kappa shape index (κ2) is 14.4. The molecule has 0 rings (SSSR count). The number of rotatable bonds is 6. The van der Waals surface area contributed by atoms with Gasteiger partial charge in [-0.2, -0.15) is 0 Å². The zero-order valence-electron chi connectivity index (χ0n) is 8.76. The van der Waals surface area contributed by atoms with Crippen LogP contribution in [-0.4, -0.2) is 6.61 Å². The first kappa shape index (κ1) is 24.6. The Kier molecular flexibility index (Phi) is 25.4. The average molecular weight is 313 g/mol. The quantitative estimate of drug-likeness (QED) is 0.155. The molecule has 0 aromatic carbocycles. The van der Waals surface area contributed by atoms with Gasteiger partial charge in [0.2, 0.25) is 0 Å². The summed E-state index contributed by atoms with van der Waals surface area (Å²) in [4.78, 5) is 0. The zero-order chi connectivity index (χ0) is 8.74. The monoisotopic (exact) mass is 311 g/mol. The second-order valence-electron chi connectivity index (χ2n) is 1.79. The molecule has 0 saturated heterocycles. The fraction of sp³-hybridized carbons (Fsp3) is 0.667. The maximum absolute atomic E-state index is 11.0. The Hall–Kier alpha value is 1.43. The van der Waals surface area contributed by atoms with Crippen molar-refractivity contribution in [2.24, 2.45) is 0 Å². The van der Waals surface area contributed by atoms with Gasteiger partial charge in [0.05, 0.1) is 6.61 Å². The van der Waals surface area contributed by atoms with E-state index >= 15 is 0 Å². The molecule has 0 saturated carbocycles. The van der Waals surface area contributed by atoms with E-state index in [4.69, 9.17) is 4.52 Å². The standard InChI is InChI=1S/C4H11O4PS2.2CH3.Zn/c1-2-3-4-6-9(5,7-10)8-11;;;/h10-11H,2-4H2,1H3;2*1H3;/q;2*-1;/p-1. The molecule has 0 radical (unpaired) electrons. The predicted octanol–water partition coefficient (Wildman–Crippen LogP) is 3.15. The molecule has 0 aliphatic carbocycles. The summed E-state index contributed by atoms with van der Waals surface area (Å²) in [6, 6.07) is 0. The van der Waals surface area contributed by atoms with Gasteiger partial charge in [-0.15, -0.1) is 0 Å². The van der Waals surface area contributed by atoms with E-state index < -0.39 is 7.82 Å². The zero-order valence-corrected chi connectivity index (χ0v) is 14.3. The van der Waals surface area contributed by atoms with E-state index in [2.05, 4.69) is 33.8 Å². The molecule has 0 aromatic rings. The second-order valence-corrected chi connectivity index (χ2v) is 4.19. The van der Waals surface area contributed by atoms with Gasteiger partial charge < -0.3 is 31.7 Å². The third kappa shape index (κ3) is 11.5. The van der Waals surface area contributed by atoms with E-state index in [1.807, 2.05) is 6.92 Å². The minimum atomic E-state index is -3.53. The van der Waals surface area contributed by atoms with Crippen LogP contribution in [0.3, 0.4) is 0 Å². The van der Waals surface area contributed by atoms with Crippen molar-refractivity contribution in [3.63, 3.8) is 0 Å². The Morgan fingerprint density at radius 3 is 2.21 bits per heavy atom. The molecule has 0 aliphatic heterocycles. The van der Waals surface area contributed by atoms with E-state index in [1.165, 1.54) is 0 Å². The first-order valence-electron chi connectivity index (χ1n) is 3.08. The maximum atomic E-state index is 11.0. The molecule has 1 atom stereocenters. The number of hydrogen-bond acceptors (Lipinski definition) is 6. The van der Waals surface area contributed by atoms with Crippen LogP contribution in [0.5, 0.6) is 0 Å². The van der Waals surface area contributed by atoms with Gasteiger partial charge in [-0.3, -0.25) is 4.52 Å². The third-order valence-electron chi connectivity index (χ3n) is 0.939. The van der Waals surface area contributed by atoms with Crippen molar-refractivity contribution < 1.29 is 36.5 Å². The summed E-state index contributed by atoms with van der Waals surface area (Å²) in [6.07, 6.45) is 1.71. The summed E-state index contributed by atoms with van der Waals surface area (Å²) >= 11 is 7.38. The number of hydrogen-bond donors (Lipinski definition) is 1. The Balaban J connectivity index is -0.000000167. The Morgan fingerprint density at radius 1 is 1.43 bits per heavy atom. The minimum Gasteiger partial charge on any atom is -0.612 e. The SMILES string of the molecule is CCCCOP(=O)(O[S-])OS.[CH3-].[CH3-].[Zn]. The van der Waals surface area contributed by atoms with Crippen LogP contribution < -0.4 is 0 Å². The summed E-state index contributed by atoms with van der Waals surface area (Å²) in [5.41, 5.74) is 0. The Morgan fingerprint density at radius 2 is 1.93 bits per heavy atom. The van der Waals surface area contributed by atoms with Crippen molar-refractivity contribution in [1.29, 1.82) is 0 Å². The summed E-state index contributed by atoms with van der Waals surface area (Å²) < 4.78 is 23.9. The summed E-state index contributed by atoms with van der Waals surface area (Å²) in [5.74, 6) is 0. The van der Waals surface area contributed by atoms with E-state index in [-0.39, 0.29) is 34.3 Å². The van der Waals surface area contributed by atoms with Crippen LogP contribution in [-0.2, 0) is 49.4 Å². The van der Waals surface area contributed by atoms with Crippen molar-refractivity contribution in [2.45, 2.75) is 19.8 Å². The van der Waals surface area contributed by atoms with Gasteiger partial charge in [-0.25, -0.2) is 8.54 Å². The van der Waals surface area contributed by atoms with E-state index in [0.717, 1.165) is 12.8 Å². The molecule has 1 unspecified atom stereocenters. The fourth-order valence-electron chi connectivity index (χ4n) is 0.379. The Bertz CT molecular complexity index is 142. The molecule has 14 heavy (non-hydrogen) atoms. The molecule has 4 nitrogen and oxygen atoms in total. The summed E-state index contributed by atoms with van der Waals surface area (Å²) in [6.45, 7) is 2.27. The molecule has 0 spiro atoms. The molecule has 0 bridgehead atoms. The van der Waals surface area contributed by atoms with Crippen LogP contribution in [0, 0.1) is 14.9 Å². The van der Waals surface area contributed by atoms with Crippen molar-refractivity contribution in [3.05, 3.63) is 14.9 Å². The van der Waals surface area contributed by atoms with Gasteiger partial charge in [0.1, 0.15) is 0 Å². The van der Waals surface area contributed by atoms with Gasteiger partial charge >= 0.3 is 7.82 Å². The minimum absolute atomic E-state index is 0. The van der Waals surface area contributed by atoms with Crippen molar-refractivity contribution in [2.75, 3.05) is 6.61 Å². The van der Waals surface area contributed by atoms with Crippen LogP contribution in [0.25, 0.3) is 0 Å². The predicted molar refractivity (Wildman–Crippen MR) is 59.8 cm³/mol. The molecule has 0 N–H and O–H groups in total. The van der Waals surface area contributed by atoms with E-state index in [0.29, 0.717) is 6.61 Å². The molecule has 86 valence electrons.